The number of rotatable bonds is 2. The third-order valence-corrected chi connectivity index (χ3v) is 2.46. The smallest absolute Gasteiger partial charge is 0.125 e. The monoisotopic (exact) mass is 178 g/mol. The fourth-order valence-electron chi connectivity index (χ4n) is 1.57. The van der Waals surface area contributed by atoms with Crippen LogP contribution in [0.4, 0.5) is 5.69 Å². The van der Waals surface area contributed by atoms with Crippen LogP contribution in [0.1, 0.15) is 18.0 Å². The SMILES string of the molecule is COc1cc(N)ccc1C1CCN1. The maximum Gasteiger partial charge on any atom is 0.125 e. The van der Waals surface area contributed by atoms with Crippen molar-refractivity contribution in [2.45, 2.75) is 12.5 Å². The van der Waals surface area contributed by atoms with E-state index in [9.17, 15) is 0 Å². The average Bonchev–Trinajstić information content (AvgIpc) is 2.05. The predicted octanol–water partition coefficient (Wildman–Crippen LogP) is 1.31. The largest absolute Gasteiger partial charge is 0.496 e. The van der Waals surface area contributed by atoms with Crippen LogP contribution in [0.25, 0.3) is 0 Å². The third kappa shape index (κ3) is 1.47. The Morgan fingerprint density at radius 3 is 2.85 bits per heavy atom. The molecule has 0 aliphatic carbocycles. The molecule has 1 heterocycles. The molecule has 1 saturated heterocycles. The Balaban J connectivity index is 2.32. The minimum atomic E-state index is 0.454. The summed E-state index contributed by atoms with van der Waals surface area (Å²) in [6.45, 7) is 1.10. The molecule has 1 fully saturated rings. The Morgan fingerprint density at radius 1 is 1.54 bits per heavy atom. The maximum atomic E-state index is 5.66. The lowest BCUT2D eigenvalue weighted by atomic mass is 9.97. The Labute approximate surface area is 77.9 Å². The van der Waals surface area contributed by atoms with Crippen molar-refractivity contribution in [2.24, 2.45) is 0 Å². The Morgan fingerprint density at radius 2 is 2.31 bits per heavy atom. The summed E-state index contributed by atoms with van der Waals surface area (Å²) in [4.78, 5) is 0. The average molecular weight is 178 g/mol. The molecule has 0 saturated carbocycles. The Bertz CT molecular complexity index is 308. The number of nitrogen functional groups attached to an aromatic ring is 1. The van der Waals surface area contributed by atoms with Gasteiger partial charge in [-0.3, -0.25) is 0 Å². The molecule has 1 aliphatic heterocycles. The molecule has 1 aromatic carbocycles. The highest BCUT2D eigenvalue weighted by molar-refractivity contribution is 5.49. The first-order valence-electron chi connectivity index (χ1n) is 4.48. The highest BCUT2D eigenvalue weighted by atomic mass is 16.5. The van der Waals surface area contributed by atoms with Gasteiger partial charge in [-0.05, 0) is 19.0 Å². The summed E-state index contributed by atoms with van der Waals surface area (Å²) in [5.74, 6) is 0.886. The molecule has 3 N–H and O–H groups in total. The molecule has 0 amide bonds. The third-order valence-electron chi connectivity index (χ3n) is 2.46. The van der Waals surface area contributed by atoms with Gasteiger partial charge >= 0.3 is 0 Å². The second-order valence-electron chi connectivity index (χ2n) is 3.30. The number of anilines is 1. The second kappa shape index (κ2) is 3.26. The molecule has 0 radical (unpaired) electrons. The molecule has 1 unspecified atom stereocenters. The molecular formula is C10H14N2O. The zero-order valence-electron chi connectivity index (χ0n) is 7.71. The molecule has 70 valence electrons. The van der Waals surface area contributed by atoms with Crippen molar-refractivity contribution in [3.05, 3.63) is 23.8 Å². The van der Waals surface area contributed by atoms with Gasteiger partial charge in [0.15, 0.2) is 0 Å². The van der Waals surface area contributed by atoms with Crippen LogP contribution in [0, 0.1) is 0 Å². The molecule has 1 aliphatic rings. The molecule has 13 heavy (non-hydrogen) atoms. The van der Waals surface area contributed by atoms with E-state index in [1.807, 2.05) is 18.2 Å². The van der Waals surface area contributed by atoms with E-state index in [1.54, 1.807) is 7.11 Å². The molecule has 3 heteroatoms. The van der Waals surface area contributed by atoms with Crippen molar-refractivity contribution in [3.63, 3.8) is 0 Å². The van der Waals surface area contributed by atoms with Gasteiger partial charge in [0, 0.05) is 23.4 Å². The fourth-order valence-corrected chi connectivity index (χ4v) is 1.57. The van der Waals surface area contributed by atoms with Crippen LogP contribution in [-0.4, -0.2) is 13.7 Å². The van der Waals surface area contributed by atoms with E-state index in [-0.39, 0.29) is 0 Å². The van der Waals surface area contributed by atoms with Gasteiger partial charge in [-0.25, -0.2) is 0 Å². The molecule has 0 bridgehead atoms. The molecule has 2 rings (SSSR count). The van der Waals surface area contributed by atoms with E-state index in [4.69, 9.17) is 10.5 Å². The summed E-state index contributed by atoms with van der Waals surface area (Å²) in [5, 5.41) is 3.34. The zero-order chi connectivity index (χ0) is 9.26. The lowest BCUT2D eigenvalue weighted by Crippen LogP contribution is -2.35. The minimum absolute atomic E-state index is 0.454. The highest BCUT2D eigenvalue weighted by Crippen LogP contribution is 2.32. The number of benzene rings is 1. The fraction of sp³-hybridized carbons (Fsp3) is 0.400. The van der Waals surface area contributed by atoms with Crippen molar-refractivity contribution >= 4 is 5.69 Å². The van der Waals surface area contributed by atoms with Crippen molar-refractivity contribution < 1.29 is 4.74 Å². The quantitative estimate of drug-likeness (QED) is 0.671. The summed E-state index contributed by atoms with van der Waals surface area (Å²) in [7, 11) is 1.68. The normalized spacial score (nSPS) is 20.8. The number of hydrogen-bond donors (Lipinski definition) is 2. The number of nitrogens with two attached hydrogens (primary N) is 1. The summed E-state index contributed by atoms with van der Waals surface area (Å²) in [6.07, 6.45) is 1.18. The van der Waals surface area contributed by atoms with Crippen LogP contribution in [0.5, 0.6) is 5.75 Å². The Hall–Kier alpha value is -1.22. The minimum Gasteiger partial charge on any atom is -0.496 e. The van der Waals surface area contributed by atoms with Crippen LogP contribution >= 0.6 is 0 Å². The zero-order valence-corrected chi connectivity index (χ0v) is 7.71. The number of ether oxygens (including phenoxy) is 1. The van der Waals surface area contributed by atoms with E-state index in [1.165, 1.54) is 12.0 Å². The summed E-state index contributed by atoms with van der Waals surface area (Å²) in [5.41, 5.74) is 7.62. The van der Waals surface area contributed by atoms with Crippen molar-refractivity contribution in [3.8, 4) is 5.75 Å². The van der Waals surface area contributed by atoms with Gasteiger partial charge in [-0.2, -0.15) is 0 Å². The summed E-state index contributed by atoms with van der Waals surface area (Å²) < 4.78 is 5.26. The van der Waals surface area contributed by atoms with Crippen molar-refractivity contribution in [1.82, 2.24) is 5.32 Å². The standard InChI is InChI=1S/C10H14N2O/c1-13-10-6-7(11)2-3-8(10)9-4-5-12-9/h2-3,6,9,12H,4-5,11H2,1H3. The van der Waals surface area contributed by atoms with Crippen LogP contribution < -0.4 is 15.8 Å². The van der Waals surface area contributed by atoms with Gasteiger partial charge in [-0.15, -0.1) is 0 Å². The van der Waals surface area contributed by atoms with Crippen molar-refractivity contribution in [2.75, 3.05) is 19.4 Å². The van der Waals surface area contributed by atoms with Gasteiger partial charge in [0.05, 0.1) is 7.11 Å². The van der Waals surface area contributed by atoms with Crippen LogP contribution in [-0.2, 0) is 0 Å². The molecule has 0 aromatic heterocycles. The lowest BCUT2D eigenvalue weighted by Gasteiger charge is -2.29. The molecule has 0 spiro atoms. The van der Waals surface area contributed by atoms with E-state index in [2.05, 4.69) is 5.32 Å². The highest BCUT2D eigenvalue weighted by Gasteiger charge is 2.21. The first kappa shape index (κ1) is 8.38. The number of methoxy groups -OCH3 is 1. The number of hydrogen-bond acceptors (Lipinski definition) is 3. The van der Waals surface area contributed by atoms with E-state index in [0.717, 1.165) is 18.0 Å². The second-order valence-corrected chi connectivity index (χ2v) is 3.30. The van der Waals surface area contributed by atoms with Crippen LogP contribution in [0.2, 0.25) is 0 Å². The topological polar surface area (TPSA) is 47.3 Å². The van der Waals surface area contributed by atoms with Gasteiger partial charge < -0.3 is 15.8 Å². The van der Waals surface area contributed by atoms with Crippen molar-refractivity contribution in [1.29, 1.82) is 0 Å². The van der Waals surface area contributed by atoms with Gasteiger partial charge in [0.25, 0.3) is 0 Å². The van der Waals surface area contributed by atoms with Gasteiger partial charge in [-0.1, -0.05) is 6.07 Å². The Kier molecular flexibility index (Phi) is 2.10. The maximum absolute atomic E-state index is 5.66. The summed E-state index contributed by atoms with van der Waals surface area (Å²) >= 11 is 0. The van der Waals surface area contributed by atoms with Crippen LogP contribution in [0.15, 0.2) is 18.2 Å². The van der Waals surface area contributed by atoms with E-state index < -0.39 is 0 Å². The first-order chi connectivity index (χ1) is 6.31. The van der Waals surface area contributed by atoms with Crippen LogP contribution in [0.3, 0.4) is 0 Å². The number of nitrogens with one attached hydrogen (secondary N) is 1. The summed E-state index contributed by atoms with van der Waals surface area (Å²) in [6, 6.07) is 6.27. The first-order valence-corrected chi connectivity index (χ1v) is 4.48. The molecular weight excluding hydrogens is 164 g/mol. The van der Waals surface area contributed by atoms with E-state index in [0.29, 0.717) is 6.04 Å². The lowest BCUT2D eigenvalue weighted by molar-refractivity contribution is 0.353. The van der Waals surface area contributed by atoms with E-state index >= 15 is 0 Å². The molecule has 1 aromatic rings. The molecule has 3 nitrogen and oxygen atoms in total. The van der Waals surface area contributed by atoms with Gasteiger partial charge in [0.2, 0.25) is 0 Å². The predicted molar refractivity (Wildman–Crippen MR) is 52.8 cm³/mol. The van der Waals surface area contributed by atoms with Gasteiger partial charge in [0.1, 0.15) is 5.75 Å². The molecule has 1 atom stereocenters.